The number of benzene rings is 1. The summed E-state index contributed by atoms with van der Waals surface area (Å²) in [7, 11) is 1.96. The van der Waals surface area contributed by atoms with Crippen LogP contribution in [0.5, 0.6) is 0 Å². The average molecular weight is 251 g/mol. The van der Waals surface area contributed by atoms with Gasteiger partial charge >= 0.3 is 0 Å². The first-order valence-corrected chi connectivity index (χ1v) is 5.82. The molecular formula is C13H15ClN2O. The molecule has 0 radical (unpaired) electrons. The Morgan fingerprint density at radius 1 is 1.35 bits per heavy atom. The quantitative estimate of drug-likeness (QED) is 0.823. The van der Waals surface area contributed by atoms with Crippen molar-refractivity contribution in [1.82, 2.24) is 4.57 Å². The zero-order valence-electron chi connectivity index (χ0n) is 9.65. The third kappa shape index (κ3) is 2.16. The van der Waals surface area contributed by atoms with Crippen molar-refractivity contribution in [2.75, 3.05) is 12.3 Å². The van der Waals surface area contributed by atoms with E-state index < -0.39 is 0 Å². The van der Waals surface area contributed by atoms with Crippen LogP contribution >= 0.6 is 11.6 Å². The number of halogens is 1. The van der Waals surface area contributed by atoms with Crippen LogP contribution in [0.15, 0.2) is 30.5 Å². The van der Waals surface area contributed by atoms with Crippen molar-refractivity contribution in [1.29, 1.82) is 0 Å². The van der Waals surface area contributed by atoms with Crippen molar-refractivity contribution in [2.24, 2.45) is 7.05 Å². The minimum absolute atomic E-state index is 0.0721. The fraction of sp³-hybridized carbons (Fsp3) is 0.231. The fourth-order valence-electron chi connectivity index (χ4n) is 1.92. The number of nitrogens with zero attached hydrogens (tertiary/aromatic N) is 1. The smallest absolute Gasteiger partial charge is 0.0675 e. The monoisotopic (exact) mass is 250 g/mol. The molecule has 2 aromatic rings. The maximum atomic E-state index is 8.93. The molecule has 0 bridgehead atoms. The summed E-state index contributed by atoms with van der Waals surface area (Å²) in [6, 6.07) is 7.82. The van der Waals surface area contributed by atoms with Gasteiger partial charge in [0.2, 0.25) is 0 Å². The third-order valence-corrected chi connectivity index (χ3v) is 3.31. The van der Waals surface area contributed by atoms with E-state index in [4.69, 9.17) is 22.4 Å². The summed E-state index contributed by atoms with van der Waals surface area (Å²) in [5.74, 6) is 0. The van der Waals surface area contributed by atoms with E-state index in [0.29, 0.717) is 17.1 Å². The molecule has 17 heavy (non-hydrogen) atoms. The second-order valence-corrected chi connectivity index (χ2v) is 4.36. The lowest BCUT2D eigenvalue weighted by atomic mass is 10.0. The molecule has 0 spiro atoms. The minimum atomic E-state index is 0.0721. The van der Waals surface area contributed by atoms with Crippen LogP contribution < -0.4 is 5.73 Å². The molecule has 0 aliphatic rings. The fourth-order valence-corrected chi connectivity index (χ4v) is 2.18. The predicted octanol–water partition coefficient (Wildman–Crippen LogP) is 2.46. The molecule has 0 aliphatic carbocycles. The predicted molar refractivity (Wildman–Crippen MR) is 71.1 cm³/mol. The van der Waals surface area contributed by atoms with Crippen LogP contribution in [-0.4, -0.2) is 16.3 Å². The number of aromatic nitrogens is 1. The highest BCUT2D eigenvalue weighted by molar-refractivity contribution is 6.34. The Morgan fingerprint density at radius 2 is 2.12 bits per heavy atom. The summed E-state index contributed by atoms with van der Waals surface area (Å²) in [6.07, 6.45) is 2.49. The van der Waals surface area contributed by atoms with Crippen molar-refractivity contribution in [2.45, 2.75) is 6.42 Å². The summed E-state index contributed by atoms with van der Waals surface area (Å²) in [5, 5.41) is 9.47. The number of anilines is 1. The lowest BCUT2D eigenvalue weighted by Gasteiger charge is -2.12. The van der Waals surface area contributed by atoms with Gasteiger partial charge in [0.25, 0.3) is 0 Å². The summed E-state index contributed by atoms with van der Waals surface area (Å²) >= 11 is 6.20. The molecule has 3 nitrogen and oxygen atoms in total. The van der Waals surface area contributed by atoms with Crippen LogP contribution in [0.25, 0.3) is 11.3 Å². The van der Waals surface area contributed by atoms with Gasteiger partial charge in [0.1, 0.15) is 0 Å². The minimum Gasteiger partial charge on any atom is -0.397 e. The Labute approximate surface area is 105 Å². The summed E-state index contributed by atoms with van der Waals surface area (Å²) < 4.78 is 1.99. The molecule has 1 aromatic carbocycles. The number of nitrogens with two attached hydrogens (primary N) is 1. The second kappa shape index (κ2) is 4.82. The van der Waals surface area contributed by atoms with E-state index >= 15 is 0 Å². The van der Waals surface area contributed by atoms with Crippen molar-refractivity contribution in [3.8, 4) is 11.3 Å². The molecule has 0 aliphatic heterocycles. The molecule has 1 heterocycles. The van der Waals surface area contributed by atoms with Crippen molar-refractivity contribution in [3.63, 3.8) is 0 Å². The summed E-state index contributed by atoms with van der Waals surface area (Å²) in [4.78, 5) is 0. The largest absolute Gasteiger partial charge is 0.397 e. The zero-order valence-corrected chi connectivity index (χ0v) is 10.4. The van der Waals surface area contributed by atoms with Gasteiger partial charge in [0.15, 0.2) is 0 Å². The van der Waals surface area contributed by atoms with Gasteiger partial charge in [-0.05, 0) is 24.1 Å². The van der Waals surface area contributed by atoms with Crippen molar-refractivity contribution in [3.05, 3.63) is 41.0 Å². The number of hydrogen-bond acceptors (Lipinski definition) is 2. The second-order valence-electron chi connectivity index (χ2n) is 3.98. The Balaban J connectivity index is 2.51. The normalized spacial score (nSPS) is 10.8. The van der Waals surface area contributed by atoms with Crippen LogP contribution in [0.3, 0.4) is 0 Å². The molecule has 0 fully saturated rings. The summed E-state index contributed by atoms with van der Waals surface area (Å²) in [5.41, 5.74) is 9.44. The van der Waals surface area contributed by atoms with E-state index in [9.17, 15) is 0 Å². The Bertz CT molecular complexity index is 534. The van der Waals surface area contributed by atoms with E-state index in [0.717, 1.165) is 16.8 Å². The Morgan fingerprint density at radius 3 is 2.71 bits per heavy atom. The first-order chi connectivity index (χ1) is 8.15. The molecule has 0 amide bonds. The van der Waals surface area contributed by atoms with Gasteiger partial charge < -0.3 is 15.4 Å². The lowest BCUT2D eigenvalue weighted by molar-refractivity contribution is 0.299. The van der Waals surface area contributed by atoms with E-state index in [1.807, 2.05) is 42.1 Å². The average Bonchev–Trinajstić information content (AvgIpc) is 2.72. The standard InChI is InChI=1S/C13H15ClN2O/c1-16-7-2-3-11(16)10-5-4-9(6-8-17)12(14)13(10)15/h2-5,7,17H,6,8,15H2,1H3. The Hall–Kier alpha value is -1.45. The van der Waals surface area contributed by atoms with E-state index in [-0.39, 0.29) is 6.61 Å². The molecule has 0 saturated carbocycles. The van der Waals surface area contributed by atoms with Crippen molar-refractivity contribution >= 4 is 17.3 Å². The van der Waals surface area contributed by atoms with Gasteiger partial charge in [0, 0.05) is 31.1 Å². The lowest BCUT2D eigenvalue weighted by Crippen LogP contribution is -2.00. The van der Waals surface area contributed by atoms with Crippen LogP contribution in [0.1, 0.15) is 5.56 Å². The van der Waals surface area contributed by atoms with E-state index in [2.05, 4.69) is 0 Å². The first kappa shape index (κ1) is 12.0. The van der Waals surface area contributed by atoms with Gasteiger partial charge in [0.05, 0.1) is 10.7 Å². The number of aliphatic hydroxyl groups excluding tert-OH is 1. The molecule has 0 saturated heterocycles. The number of aryl methyl sites for hydroxylation is 1. The molecule has 4 heteroatoms. The highest BCUT2D eigenvalue weighted by Crippen LogP contribution is 2.34. The Kier molecular flexibility index (Phi) is 3.41. The highest BCUT2D eigenvalue weighted by atomic mass is 35.5. The molecule has 2 rings (SSSR count). The number of rotatable bonds is 3. The van der Waals surface area contributed by atoms with Crippen LogP contribution in [-0.2, 0) is 13.5 Å². The van der Waals surface area contributed by atoms with Crippen LogP contribution in [0.2, 0.25) is 5.02 Å². The number of nitrogen functional groups attached to an aromatic ring is 1. The van der Waals surface area contributed by atoms with Crippen molar-refractivity contribution < 1.29 is 5.11 Å². The molecule has 1 aromatic heterocycles. The summed E-state index contributed by atoms with van der Waals surface area (Å²) in [6.45, 7) is 0.0721. The third-order valence-electron chi connectivity index (χ3n) is 2.86. The van der Waals surface area contributed by atoms with Crippen LogP contribution in [0.4, 0.5) is 5.69 Å². The van der Waals surface area contributed by atoms with Crippen LogP contribution in [0, 0.1) is 0 Å². The molecule has 0 unspecified atom stereocenters. The van der Waals surface area contributed by atoms with Gasteiger partial charge in [-0.25, -0.2) is 0 Å². The van der Waals surface area contributed by atoms with Gasteiger partial charge in [-0.15, -0.1) is 0 Å². The number of aliphatic hydroxyl groups is 1. The zero-order chi connectivity index (χ0) is 12.4. The van der Waals surface area contributed by atoms with E-state index in [1.165, 1.54) is 0 Å². The highest BCUT2D eigenvalue weighted by Gasteiger charge is 2.11. The maximum absolute atomic E-state index is 8.93. The van der Waals surface area contributed by atoms with Gasteiger partial charge in [-0.1, -0.05) is 23.7 Å². The molecular weight excluding hydrogens is 236 g/mol. The SMILES string of the molecule is Cn1cccc1-c1ccc(CCO)c(Cl)c1N. The topological polar surface area (TPSA) is 51.2 Å². The maximum Gasteiger partial charge on any atom is 0.0675 e. The molecule has 3 N–H and O–H groups in total. The molecule has 90 valence electrons. The van der Waals surface area contributed by atoms with Gasteiger partial charge in [-0.3, -0.25) is 0 Å². The van der Waals surface area contributed by atoms with Gasteiger partial charge in [-0.2, -0.15) is 0 Å². The first-order valence-electron chi connectivity index (χ1n) is 5.44. The molecule has 0 atom stereocenters. The van der Waals surface area contributed by atoms with E-state index in [1.54, 1.807) is 0 Å². The number of hydrogen-bond donors (Lipinski definition) is 2.